The molecule has 0 spiro atoms. The lowest BCUT2D eigenvalue weighted by atomic mass is 10.1. The molecule has 0 bridgehead atoms. The molecule has 0 unspecified atom stereocenters. The van der Waals surface area contributed by atoms with Gasteiger partial charge in [0.2, 0.25) is 0 Å². The largest absolute Gasteiger partial charge is 0.454 e. The smallest absolute Gasteiger partial charge is 0.264 e. The van der Waals surface area contributed by atoms with Crippen LogP contribution in [0.25, 0.3) is 0 Å². The molecule has 0 saturated heterocycles. The number of sulfonamides is 1. The van der Waals surface area contributed by atoms with E-state index >= 15 is 0 Å². The summed E-state index contributed by atoms with van der Waals surface area (Å²) in [6.45, 7) is 1.89. The van der Waals surface area contributed by atoms with E-state index in [0.29, 0.717) is 17.5 Å². The molecule has 3 aromatic carbocycles. The second-order valence-electron chi connectivity index (χ2n) is 6.83. The van der Waals surface area contributed by atoms with Crippen molar-refractivity contribution in [3.8, 4) is 11.5 Å². The molecular formula is C21H16F2N2O4S. The molecule has 3 aromatic rings. The molecule has 1 N–H and O–H groups in total. The van der Waals surface area contributed by atoms with Crippen LogP contribution >= 0.6 is 0 Å². The third-order valence-electron chi connectivity index (χ3n) is 4.65. The molecule has 9 heteroatoms. The van der Waals surface area contributed by atoms with Crippen molar-refractivity contribution in [2.75, 3.05) is 16.7 Å². The third-order valence-corrected chi connectivity index (χ3v) is 6.06. The Balaban J connectivity index is 1.71. The highest BCUT2D eigenvalue weighted by Gasteiger charge is 2.27. The monoisotopic (exact) mass is 430 g/mol. The van der Waals surface area contributed by atoms with Crippen molar-refractivity contribution in [3.05, 3.63) is 77.4 Å². The van der Waals surface area contributed by atoms with E-state index in [0.717, 1.165) is 17.7 Å². The number of fused-ring (bicyclic) bond motifs is 2. The zero-order chi connectivity index (χ0) is 21.6. The number of carbonyl (C=O) groups is 1. The second kappa shape index (κ2) is 7.10. The van der Waals surface area contributed by atoms with E-state index in [2.05, 4.69) is 4.72 Å². The standard InChI is InChI=1S/C21H16F2N2O4S/c1-12-3-6-19-17(9-12)25(2)21(26)15-11-14(5-7-18(15)29-19)24-30(27,28)20-8-4-13(22)10-16(20)23/h3-11,24H,1-2H3. The first-order valence-corrected chi connectivity index (χ1v) is 10.3. The Bertz CT molecular complexity index is 1290. The van der Waals surface area contributed by atoms with Gasteiger partial charge in [0.15, 0.2) is 5.75 Å². The number of nitrogens with one attached hydrogen (secondary N) is 1. The van der Waals surface area contributed by atoms with Gasteiger partial charge in [-0.3, -0.25) is 9.52 Å². The Kier molecular flexibility index (Phi) is 4.70. The molecule has 154 valence electrons. The molecule has 0 aromatic heterocycles. The maximum Gasteiger partial charge on any atom is 0.264 e. The molecule has 0 fully saturated rings. The zero-order valence-electron chi connectivity index (χ0n) is 15.9. The lowest BCUT2D eigenvalue weighted by Crippen LogP contribution is -2.25. The van der Waals surface area contributed by atoms with E-state index in [1.165, 1.54) is 23.1 Å². The SMILES string of the molecule is Cc1ccc2c(c1)N(C)C(=O)c1cc(NS(=O)(=O)c3ccc(F)cc3F)ccc1O2. The van der Waals surface area contributed by atoms with Gasteiger partial charge in [-0.25, -0.2) is 17.2 Å². The van der Waals surface area contributed by atoms with E-state index in [-0.39, 0.29) is 17.0 Å². The Morgan fingerprint density at radius 1 is 0.967 bits per heavy atom. The Labute approximate surface area is 171 Å². The van der Waals surface area contributed by atoms with Crippen molar-refractivity contribution < 1.29 is 26.7 Å². The van der Waals surface area contributed by atoms with Gasteiger partial charge in [-0.05, 0) is 55.0 Å². The molecule has 6 nitrogen and oxygen atoms in total. The van der Waals surface area contributed by atoms with Crippen LogP contribution in [0.2, 0.25) is 0 Å². The van der Waals surface area contributed by atoms with E-state index in [4.69, 9.17) is 4.74 Å². The number of aryl methyl sites for hydroxylation is 1. The summed E-state index contributed by atoms with van der Waals surface area (Å²) in [5, 5.41) is 0. The molecule has 1 aliphatic heterocycles. The minimum absolute atomic E-state index is 0.0324. The van der Waals surface area contributed by atoms with Gasteiger partial charge in [0.1, 0.15) is 22.3 Å². The van der Waals surface area contributed by atoms with Gasteiger partial charge >= 0.3 is 0 Å². The maximum absolute atomic E-state index is 13.9. The van der Waals surface area contributed by atoms with Gasteiger partial charge in [0.05, 0.1) is 11.3 Å². The minimum Gasteiger partial charge on any atom is -0.454 e. The first-order chi connectivity index (χ1) is 14.2. The lowest BCUT2D eigenvalue weighted by molar-refractivity contribution is 0.0993. The van der Waals surface area contributed by atoms with Crippen molar-refractivity contribution in [2.24, 2.45) is 0 Å². The van der Waals surface area contributed by atoms with E-state index in [1.807, 2.05) is 13.0 Å². The van der Waals surface area contributed by atoms with E-state index in [1.54, 1.807) is 19.2 Å². The number of ether oxygens (including phenoxy) is 1. The highest BCUT2D eigenvalue weighted by molar-refractivity contribution is 7.92. The number of hydrogen-bond donors (Lipinski definition) is 1. The Morgan fingerprint density at radius 3 is 2.43 bits per heavy atom. The van der Waals surface area contributed by atoms with Gasteiger partial charge in [0.25, 0.3) is 15.9 Å². The Hall–Kier alpha value is -3.46. The quantitative estimate of drug-likeness (QED) is 0.666. The summed E-state index contributed by atoms with van der Waals surface area (Å²) in [6.07, 6.45) is 0. The fourth-order valence-electron chi connectivity index (χ4n) is 3.14. The summed E-state index contributed by atoms with van der Waals surface area (Å²) in [5.41, 5.74) is 1.68. The lowest BCUT2D eigenvalue weighted by Gasteiger charge is -2.17. The summed E-state index contributed by atoms with van der Waals surface area (Å²) in [4.78, 5) is 13.7. The minimum atomic E-state index is -4.34. The maximum atomic E-state index is 13.9. The summed E-state index contributed by atoms with van der Waals surface area (Å²) < 4.78 is 60.2. The van der Waals surface area contributed by atoms with Crippen LogP contribution in [0.5, 0.6) is 11.5 Å². The van der Waals surface area contributed by atoms with Crippen molar-refractivity contribution in [1.82, 2.24) is 0 Å². The number of nitrogens with zero attached hydrogens (tertiary/aromatic N) is 1. The molecular weight excluding hydrogens is 414 g/mol. The number of rotatable bonds is 3. The number of anilines is 2. The predicted octanol–water partition coefficient (Wildman–Crippen LogP) is 4.46. The predicted molar refractivity (Wildman–Crippen MR) is 108 cm³/mol. The average molecular weight is 430 g/mol. The van der Waals surface area contributed by atoms with Crippen LogP contribution in [-0.2, 0) is 10.0 Å². The molecule has 30 heavy (non-hydrogen) atoms. The molecule has 0 saturated carbocycles. The number of carbonyl (C=O) groups excluding carboxylic acids is 1. The first kappa shape index (κ1) is 19.8. The van der Waals surface area contributed by atoms with Crippen LogP contribution < -0.4 is 14.4 Å². The summed E-state index contributed by atoms with van der Waals surface area (Å²) in [5.74, 6) is -1.77. The molecule has 1 amide bonds. The summed E-state index contributed by atoms with van der Waals surface area (Å²) >= 11 is 0. The molecule has 0 aliphatic carbocycles. The van der Waals surface area contributed by atoms with Crippen molar-refractivity contribution in [2.45, 2.75) is 11.8 Å². The van der Waals surface area contributed by atoms with E-state index in [9.17, 15) is 22.0 Å². The van der Waals surface area contributed by atoms with Crippen LogP contribution in [0, 0.1) is 18.6 Å². The summed E-state index contributed by atoms with van der Waals surface area (Å²) in [7, 11) is -2.76. The normalized spacial score (nSPS) is 13.2. The summed E-state index contributed by atoms with van der Waals surface area (Å²) in [6, 6.07) is 11.7. The number of halogens is 2. The average Bonchev–Trinajstić information content (AvgIpc) is 2.77. The van der Waals surface area contributed by atoms with Crippen LogP contribution in [0.1, 0.15) is 15.9 Å². The van der Waals surface area contributed by atoms with Gasteiger partial charge in [-0.1, -0.05) is 6.07 Å². The fraction of sp³-hybridized carbons (Fsp3) is 0.0952. The first-order valence-electron chi connectivity index (χ1n) is 8.84. The third kappa shape index (κ3) is 3.48. The zero-order valence-corrected chi connectivity index (χ0v) is 16.8. The highest BCUT2D eigenvalue weighted by atomic mass is 32.2. The molecule has 1 heterocycles. The van der Waals surface area contributed by atoms with Gasteiger partial charge in [-0.2, -0.15) is 0 Å². The molecule has 1 aliphatic rings. The van der Waals surface area contributed by atoms with Crippen molar-refractivity contribution >= 4 is 27.3 Å². The topological polar surface area (TPSA) is 75.7 Å². The van der Waals surface area contributed by atoms with Gasteiger partial charge in [-0.15, -0.1) is 0 Å². The number of benzene rings is 3. The van der Waals surface area contributed by atoms with Crippen molar-refractivity contribution in [1.29, 1.82) is 0 Å². The number of hydrogen-bond acceptors (Lipinski definition) is 4. The Morgan fingerprint density at radius 2 is 1.70 bits per heavy atom. The highest BCUT2D eigenvalue weighted by Crippen LogP contribution is 2.39. The van der Waals surface area contributed by atoms with Crippen LogP contribution in [0.15, 0.2) is 59.5 Å². The molecule has 0 atom stereocenters. The van der Waals surface area contributed by atoms with E-state index < -0.39 is 32.5 Å². The molecule has 4 rings (SSSR count). The fourth-order valence-corrected chi connectivity index (χ4v) is 4.25. The van der Waals surface area contributed by atoms with Gasteiger partial charge < -0.3 is 9.64 Å². The molecule has 0 radical (unpaired) electrons. The van der Waals surface area contributed by atoms with Crippen LogP contribution in [-0.4, -0.2) is 21.4 Å². The second-order valence-corrected chi connectivity index (χ2v) is 8.48. The van der Waals surface area contributed by atoms with Gasteiger partial charge in [0, 0.05) is 18.8 Å². The van der Waals surface area contributed by atoms with Crippen LogP contribution in [0.4, 0.5) is 20.2 Å². The van der Waals surface area contributed by atoms with Crippen LogP contribution in [0.3, 0.4) is 0 Å². The van der Waals surface area contributed by atoms with Crippen molar-refractivity contribution in [3.63, 3.8) is 0 Å². The number of amides is 1.